The van der Waals surface area contributed by atoms with Gasteiger partial charge in [0.1, 0.15) is 5.75 Å². The minimum atomic E-state index is 0.365. The Bertz CT molecular complexity index is 1470. The van der Waals surface area contributed by atoms with Gasteiger partial charge >= 0.3 is 0 Å². The first-order valence-corrected chi connectivity index (χ1v) is 9.90. The van der Waals surface area contributed by atoms with Gasteiger partial charge in [-0.2, -0.15) is 0 Å². The smallest absolute Gasteiger partial charge is 0.207 e. The lowest BCUT2D eigenvalue weighted by Gasteiger charge is -2.10. The fourth-order valence-electron chi connectivity index (χ4n) is 3.84. The summed E-state index contributed by atoms with van der Waals surface area (Å²) in [4.78, 5) is 4.64. The fourth-order valence-corrected chi connectivity index (χ4v) is 3.97. The van der Waals surface area contributed by atoms with Gasteiger partial charge in [0.15, 0.2) is 0 Å². The van der Waals surface area contributed by atoms with Crippen molar-refractivity contribution >= 4 is 33.5 Å². The summed E-state index contributed by atoms with van der Waals surface area (Å²) in [5.41, 5.74) is 6.09. The van der Waals surface area contributed by atoms with Gasteiger partial charge in [-0.3, -0.25) is 15.0 Å². The zero-order valence-corrected chi connectivity index (χ0v) is 17.3. The molecule has 0 bridgehead atoms. The topological polar surface area (TPSA) is 55.8 Å². The van der Waals surface area contributed by atoms with Gasteiger partial charge < -0.3 is 9.30 Å². The molecule has 6 heteroatoms. The summed E-state index contributed by atoms with van der Waals surface area (Å²) in [5, 5.41) is 10.4. The van der Waals surface area contributed by atoms with Crippen molar-refractivity contribution in [3.8, 4) is 22.6 Å². The van der Waals surface area contributed by atoms with Crippen LogP contribution in [-0.2, 0) is 7.05 Å². The third kappa shape index (κ3) is 2.86. The number of aryl methyl sites for hydroxylation is 1. The quantitative estimate of drug-likeness (QED) is 0.434. The minimum absolute atomic E-state index is 0.365. The number of pyridine rings is 1. The number of hydrogen-bond donors (Lipinski definition) is 1. The average Bonchev–Trinajstić information content (AvgIpc) is 3.04. The standard InChI is InChI=1S/C24H19ClN4O/c1-28-22-14-27-21-11-8-16(15-6-9-17(25)10-7-15)12-20(21)23(22)29(24(28)26)18-4-3-5-19(13-18)30-2/h3-14,26H,1-2H3. The molecule has 0 fully saturated rings. The molecule has 5 rings (SSSR count). The van der Waals surface area contributed by atoms with E-state index in [0.717, 1.165) is 44.5 Å². The van der Waals surface area contributed by atoms with E-state index in [4.69, 9.17) is 21.7 Å². The summed E-state index contributed by atoms with van der Waals surface area (Å²) in [5.74, 6) is 0.747. The van der Waals surface area contributed by atoms with E-state index in [0.29, 0.717) is 10.6 Å². The molecule has 148 valence electrons. The lowest BCUT2D eigenvalue weighted by Crippen LogP contribution is -2.21. The Morgan fingerprint density at radius 2 is 1.73 bits per heavy atom. The molecule has 0 amide bonds. The highest BCUT2D eigenvalue weighted by Gasteiger charge is 2.15. The summed E-state index contributed by atoms with van der Waals surface area (Å²) in [7, 11) is 3.53. The predicted octanol–water partition coefficient (Wildman–Crippen LogP) is 5.33. The van der Waals surface area contributed by atoms with Crippen molar-refractivity contribution in [3.05, 3.63) is 83.6 Å². The number of methoxy groups -OCH3 is 1. The monoisotopic (exact) mass is 414 g/mol. The van der Waals surface area contributed by atoms with Gasteiger partial charge in [0.05, 0.1) is 35.5 Å². The van der Waals surface area contributed by atoms with E-state index >= 15 is 0 Å². The molecule has 0 atom stereocenters. The molecule has 1 N–H and O–H groups in total. The SMILES string of the molecule is COc1cccc(-n2c(=N)n(C)c3cnc4ccc(-c5ccc(Cl)cc5)cc4c32)c1. The normalized spacial score (nSPS) is 11.3. The second-order valence-electron chi connectivity index (χ2n) is 7.15. The molecule has 0 aliphatic rings. The van der Waals surface area contributed by atoms with Crippen molar-refractivity contribution in [2.75, 3.05) is 7.11 Å². The summed E-state index contributed by atoms with van der Waals surface area (Å²) < 4.78 is 9.19. The van der Waals surface area contributed by atoms with E-state index in [-0.39, 0.29) is 0 Å². The molecular weight excluding hydrogens is 396 g/mol. The molecule has 0 unspecified atom stereocenters. The van der Waals surface area contributed by atoms with E-state index < -0.39 is 0 Å². The molecular formula is C24H19ClN4O. The third-order valence-corrected chi connectivity index (χ3v) is 5.68. The predicted molar refractivity (Wildman–Crippen MR) is 120 cm³/mol. The van der Waals surface area contributed by atoms with Crippen molar-refractivity contribution in [1.82, 2.24) is 14.1 Å². The molecule has 5 aromatic rings. The lowest BCUT2D eigenvalue weighted by atomic mass is 10.0. The van der Waals surface area contributed by atoms with Gasteiger partial charge in [-0.15, -0.1) is 0 Å². The number of imidazole rings is 1. The van der Waals surface area contributed by atoms with Crippen molar-refractivity contribution in [2.24, 2.45) is 7.05 Å². The number of halogens is 1. The number of ether oxygens (including phenoxy) is 1. The Balaban J connectivity index is 1.86. The van der Waals surface area contributed by atoms with Crippen molar-refractivity contribution in [3.63, 3.8) is 0 Å². The highest BCUT2D eigenvalue weighted by atomic mass is 35.5. The van der Waals surface area contributed by atoms with E-state index in [1.165, 1.54) is 0 Å². The summed E-state index contributed by atoms with van der Waals surface area (Å²) >= 11 is 6.06. The number of nitrogens with zero attached hydrogens (tertiary/aromatic N) is 3. The van der Waals surface area contributed by atoms with Crippen molar-refractivity contribution in [1.29, 1.82) is 5.41 Å². The Labute approximate surface area is 178 Å². The van der Waals surface area contributed by atoms with Gasteiger partial charge in [0.25, 0.3) is 0 Å². The Morgan fingerprint density at radius 3 is 2.50 bits per heavy atom. The Kier molecular flexibility index (Phi) is 4.33. The molecule has 2 heterocycles. The van der Waals surface area contributed by atoms with Crippen LogP contribution >= 0.6 is 11.6 Å². The van der Waals surface area contributed by atoms with Crippen LogP contribution in [-0.4, -0.2) is 21.2 Å². The molecule has 0 aliphatic carbocycles. The summed E-state index contributed by atoms with van der Waals surface area (Å²) in [6.45, 7) is 0. The molecule has 5 nitrogen and oxygen atoms in total. The van der Waals surface area contributed by atoms with Crippen LogP contribution in [0.15, 0.2) is 72.9 Å². The van der Waals surface area contributed by atoms with Gasteiger partial charge in [0.2, 0.25) is 5.62 Å². The zero-order chi connectivity index (χ0) is 20.8. The van der Waals surface area contributed by atoms with Gasteiger partial charge in [-0.05, 0) is 47.5 Å². The Morgan fingerprint density at radius 1 is 0.967 bits per heavy atom. The molecule has 0 radical (unpaired) electrons. The fraction of sp³-hybridized carbons (Fsp3) is 0.0833. The van der Waals surface area contributed by atoms with Crippen LogP contribution < -0.4 is 10.4 Å². The van der Waals surface area contributed by atoms with Crippen molar-refractivity contribution in [2.45, 2.75) is 0 Å². The second kappa shape index (κ2) is 7.04. The maximum absolute atomic E-state index is 8.75. The van der Waals surface area contributed by atoms with Gasteiger partial charge in [-0.25, -0.2) is 0 Å². The number of aromatic nitrogens is 3. The van der Waals surface area contributed by atoms with E-state index in [2.05, 4.69) is 17.1 Å². The van der Waals surface area contributed by atoms with Crippen LogP contribution in [0.1, 0.15) is 0 Å². The van der Waals surface area contributed by atoms with Crippen molar-refractivity contribution < 1.29 is 4.74 Å². The van der Waals surface area contributed by atoms with Gasteiger partial charge in [-0.1, -0.05) is 35.9 Å². The maximum Gasteiger partial charge on any atom is 0.207 e. The molecule has 0 aliphatic heterocycles. The van der Waals surface area contributed by atoms with Crippen LogP contribution in [0.2, 0.25) is 5.02 Å². The van der Waals surface area contributed by atoms with Gasteiger partial charge in [0, 0.05) is 23.5 Å². The van der Waals surface area contributed by atoms with E-state index in [1.54, 1.807) is 7.11 Å². The molecule has 0 spiro atoms. The van der Waals surface area contributed by atoms with Crippen LogP contribution in [0.3, 0.4) is 0 Å². The highest BCUT2D eigenvalue weighted by Crippen LogP contribution is 2.30. The molecule has 3 aromatic carbocycles. The van der Waals surface area contributed by atoms with Crippen LogP contribution in [0.5, 0.6) is 5.75 Å². The average molecular weight is 415 g/mol. The first kappa shape index (κ1) is 18.5. The summed E-state index contributed by atoms with van der Waals surface area (Å²) in [6.07, 6.45) is 1.83. The second-order valence-corrected chi connectivity index (χ2v) is 7.59. The van der Waals surface area contributed by atoms with E-state index in [1.807, 2.05) is 77.0 Å². The number of fused-ring (bicyclic) bond motifs is 3. The number of benzene rings is 3. The minimum Gasteiger partial charge on any atom is -0.497 e. The lowest BCUT2D eigenvalue weighted by molar-refractivity contribution is 0.414. The third-order valence-electron chi connectivity index (χ3n) is 5.42. The highest BCUT2D eigenvalue weighted by molar-refractivity contribution is 6.30. The first-order chi connectivity index (χ1) is 14.6. The van der Waals surface area contributed by atoms with Crippen LogP contribution in [0.25, 0.3) is 38.8 Å². The number of rotatable bonds is 3. The number of nitrogens with one attached hydrogen (secondary N) is 1. The molecule has 2 aromatic heterocycles. The summed E-state index contributed by atoms with van der Waals surface area (Å²) in [6, 6.07) is 21.8. The Hall–Kier alpha value is -3.57. The molecule has 30 heavy (non-hydrogen) atoms. The van der Waals surface area contributed by atoms with Crippen LogP contribution in [0, 0.1) is 5.41 Å². The largest absolute Gasteiger partial charge is 0.497 e. The molecule has 0 saturated heterocycles. The number of hydrogen-bond acceptors (Lipinski definition) is 3. The van der Waals surface area contributed by atoms with Crippen LogP contribution in [0.4, 0.5) is 0 Å². The van der Waals surface area contributed by atoms with E-state index in [9.17, 15) is 0 Å². The molecule has 0 saturated carbocycles. The first-order valence-electron chi connectivity index (χ1n) is 9.52. The zero-order valence-electron chi connectivity index (χ0n) is 16.6. The maximum atomic E-state index is 8.75.